The number of anilines is 1. The molecule has 160 valence electrons. The molecule has 0 atom stereocenters. The summed E-state index contributed by atoms with van der Waals surface area (Å²) in [6, 6.07) is 4.83. The summed E-state index contributed by atoms with van der Waals surface area (Å²) in [6.07, 6.45) is 4.82. The topological polar surface area (TPSA) is 90.0 Å². The summed E-state index contributed by atoms with van der Waals surface area (Å²) in [4.78, 5) is 28.4. The summed E-state index contributed by atoms with van der Waals surface area (Å²) in [7, 11) is -0.578. The van der Waals surface area contributed by atoms with Crippen molar-refractivity contribution in [2.45, 2.75) is 37.0 Å². The molecular formula is C20H30N4O4S. The molecule has 2 fully saturated rings. The summed E-state index contributed by atoms with van der Waals surface area (Å²) >= 11 is 0. The van der Waals surface area contributed by atoms with Crippen LogP contribution in [0.1, 0.15) is 42.5 Å². The number of carbonyl (C=O) groups excluding carboxylic acids is 2. The van der Waals surface area contributed by atoms with Crippen molar-refractivity contribution >= 4 is 27.5 Å². The summed E-state index contributed by atoms with van der Waals surface area (Å²) in [5.41, 5.74) is 1.06. The van der Waals surface area contributed by atoms with Gasteiger partial charge in [0.25, 0.3) is 5.91 Å². The first-order chi connectivity index (χ1) is 13.8. The number of nitrogens with one attached hydrogen (secondary N) is 1. The molecule has 2 heterocycles. The van der Waals surface area contributed by atoms with Crippen LogP contribution in [-0.4, -0.2) is 76.3 Å². The lowest BCUT2D eigenvalue weighted by Crippen LogP contribution is -2.38. The molecule has 1 aromatic rings. The molecule has 3 rings (SSSR count). The molecule has 0 radical (unpaired) electrons. The van der Waals surface area contributed by atoms with Crippen LogP contribution in [0.5, 0.6) is 0 Å². The van der Waals surface area contributed by atoms with Crippen LogP contribution < -0.4 is 10.2 Å². The van der Waals surface area contributed by atoms with Crippen molar-refractivity contribution in [3.63, 3.8) is 0 Å². The molecule has 2 aliphatic heterocycles. The number of carbonyl (C=O) groups is 2. The number of sulfonamides is 1. The number of amides is 2. The van der Waals surface area contributed by atoms with E-state index in [9.17, 15) is 18.0 Å². The van der Waals surface area contributed by atoms with E-state index in [1.807, 2.05) is 0 Å². The number of benzene rings is 1. The Morgan fingerprint density at radius 2 is 1.66 bits per heavy atom. The Bertz CT molecular complexity index is 859. The summed E-state index contributed by atoms with van der Waals surface area (Å²) < 4.78 is 27.7. The molecule has 1 N–H and O–H groups in total. The summed E-state index contributed by atoms with van der Waals surface area (Å²) in [5.74, 6) is -0.633. The maximum atomic E-state index is 13.1. The zero-order valence-corrected chi connectivity index (χ0v) is 18.0. The number of hydrogen-bond donors (Lipinski definition) is 1. The van der Waals surface area contributed by atoms with Crippen molar-refractivity contribution in [1.29, 1.82) is 0 Å². The number of nitrogens with zero attached hydrogens (tertiary/aromatic N) is 3. The minimum absolute atomic E-state index is 0.0854. The lowest BCUT2D eigenvalue weighted by Gasteiger charge is -2.27. The van der Waals surface area contributed by atoms with Gasteiger partial charge in [-0.15, -0.1) is 0 Å². The van der Waals surface area contributed by atoms with E-state index in [-0.39, 0.29) is 23.3 Å². The molecule has 0 saturated carbocycles. The second-order valence-corrected chi connectivity index (χ2v) is 9.61. The van der Waals surface area contributed by atoms with Gasteiger partial charge in [-0.2, -0.15) is 4.31 Å². The van der Waals surface area contributed by atoms with Gasteiger partial charge in [0.2, 0.25) is 15.9 Å². The van der Waals surface area contributed by atoms with Gasteiger partial charge in [-0.3, -0.25) is 9.59 Å². The first-order valence-electron chi connectivity index (χ1n) is 10.2. The second kappa shape index (κ2) is 9.13. The van der Waals surface area contributed by atoms with Crippen LogP contribution in [0, 0.1) is 0 Å². The third-order valence-electron chi connectivity index (χ3n) is 5.60. The van der Waals surface area contributed by atoms with Crippen LogP contribution >= 0.6 is 0 Å². The van der Waals surface area contributed by atoms with E-state index in [1.165, 1.54) is 22.3 Å². The highest BCUT2D eigenvalue weighted by atomic mass is 32.2. The third kappa shape index (κ3) is 4.72. The number of likely N-dealkylation sites (N-methyl/N-ethyl adjacent to an activating group) is 2. The average molecular weight is 423 g/mol. The lowest BCUT2D eigenvalue weighted by molar-refractivity contribution is -0.121. The van der Waals surface area contributed by atoms with Crippen molar-refractivity contribution in [2.24, 2.45) is 0 Å². The highest BCUT2D eigenvalue weighted by Crippen LogP contribution is 2.30. The number of hydrogen-bond acceptors (Lipinski definition) is 5. The molecule has 0 bridgehead atoms. The van der Waals surface area contributed by atoms with Gasteiger partial charge in [0.1, 0.15) is 0 Å². The zero-order valence-electron chi connectivity index (χ0n) is 17.2. The quantitative estimate of drug-likeness (QED) is 0.746. The van der Waals surface area contributed by atoms with E-state index in [4.69, 9.17) is 0 Å². The van der Waals surface area contributed by atoms with E-state index in [0.717, 1.165) is 50.9 Å². The number of piperidine rings is 1. The van der Waals surface area contributed by atoms with Gasteiger partial charge in [0, 0.05) is 46.0 Å². The van der Waals surface area contributed by atoms with Gasteiger partial charge in [-0.05, 0) is 43.9 Å². The van der Waals surface area contributed by atoms with E-state index in [1.54, 1.807) is 19.2 Å². The monoisotopic (exact) mass is 422 g/mol. The normalized spacial score (nSPS) is 17.9. The van der Waals surface area contributed by atoms with Crippen LogP contribution in [0.4, 0.5) is 5.69 Å². The van der Waals surface area contributed by atoms with Gasteiger partial charge >= 0.3 is 0 Å². The van der Waals surface area contributed by atoms with Crippen molar-refractivity contribution in [2.75, 3.05) is 51.7 Å². The van der Waals surface area contributed by atoms with Gasteiger partial charge < -0.3 is 15.1 Å². The number of rotatable bonds is 6. The van der Waals surface area contributed by atoms with E-state index in [0.29, 0.717) is 18.7 Å². The van der Waals surface area contributed by atoms with Gasteiger partial charge in [-0.25, -0.2) is 8.42 Å². The van der Waals surface area contributed by atoms with E-state index < -0.39 is 10.0 Å². The fourth-order valence-corrected chi connectivity index (χ4v) is 5.45. The Morgan fingerprint density at radius 1 is 1.03 bits per heavy atom. The molecule has 29 heavy (non-hydrogen) atoms. The maximum Gasteiger partial charge on any atom is 0.256 e. The lowest BCUT2D eigenvalue weighted by atomic mass is 10.1. The Balaban J connectivity index is 1.97. The Kier molecular flexibility index (Phi) is 6.79. The molecule has 0 spiro atoms. The molecule has 2 saturated heterocycles. The summed E-state index contributed by atoms with van der Waals surface area (Å²) in [5, 5.41) is 2.50. The largest absolute Gasteiger partial charge is 0.371 e. The standard InChI is InChI=1S/C20H30N4O4S/c1-21-19(25)15-22(2)20(26)17-14-16(8-9-18(17)23-10-6-7-11-23)29(27,28)24-12-4-3-5-13-24/h8-9,14H,3-7,10-13,15H2,1-2H3,(H,21,25). The van der Waals surface area contributed by atoms with Gasteiger partial charge in [0.15, 0.2) is 0 Å². The molecular weight excluding hydrogens is 392 g/mol. The maximum absolute atomic E-state index is 13.1. The smallest absolute Gasteiger partial charge is 0.256 e. The Labute approximate surface area is 172 Å². The molecule has 9 heteroatoms. The van der Waals surface area contributed by atoms with Crippen LogP contribution in [0.3, 0.4) is 0 Å². The van der Waals surface area contributed by atoms with E-state index >= 15 is 0 Å². The van der Waals surface area contributed by atoms with Crippen LogP contribution in [0.15, 0.2) is 23.1 Å². The highest BCUT2D eigenvalue weighted by Gasteiger charge is 2.29. The van der Waals surface area contributed by atoms with Gasteiger partial charge in [0.05, 0.1) is 17.0 Å². The molecule has 0 unspecified atom stereocenters. The summed E-state index contributed by atoms with van der Waals surface area (Å²) in [6.45, 7) is 2.60. The molecule has 8 nitrogen and oxygen atoms in total. The molecule has 0 aromatic heterocycles. The Hall–Kier alpha value is -2.13. The van der Waals surface area contributed by atoms with Gasteiger partial charge in [-0.1, -0.05) is 6.42 Å². The first kappa shape index (κ1) is 21.6. The van der Waals surface area contributed by atoms with E-state index in [2.05, 4.69) is 10.2 Å². The van der Waals surface area contributed by atoms with Crippen LogP contribution in [-0.2, 0) is 14.8 Å². The van der Waals surface area contributed by atoms with Crippen molar-refractivity contribution in [1.82, 2.24) is 14.5 Å². The fraction of sp³-hybridized carbons (Fsp3) is 0.600. The first-order valence-corrected chi connectivity index (χ1v) is 11.6. The highest BCUT2D eigenvalue weighted by molar-refractivity contribution is 7.89. The Morgan fingerprint density at radius 3 is 2.28 bits per heavy atom. The predicted octanol–water partition coefficient (Wildman–Crippen LogP) is 1.28. The minimum Gasteiger partial charge on any atom is -0.371 e. The fourth-order valence-electron chi connectivity index (χ4n) is 3.91. The van der Waals surface area contributed by atoms with Crippen molar-refractivity contribution in [3.05, 3.63) is 23.8 Å². The SMILES string of the molecule is CNC(=O)CN(C)C(=O)c1cc(S(=O)(=O)N2CCCCC2)ccc1N1CCCC1. The zero-order chi connectivity index (χ0) is 21.0. The molecule has 1 aromatic carbocycles. The minimum atomic E-state index is -3.65. The molecule has 2 aliphatic rings. The molecule has 2 amide bonds. The third-order valence-corrected chi connectivity index (χ3v) is 7.50. The second-order valence-electron chi connectivity index (χ2n) is 7.67. The van der Waals surface area contributed by atoms with Crippen molar-refractivity contribution < 1.29 is 18.0 Å². The average Bonchev–Trinajstić information content (AvgIpc) is 3.28. The predicted molar refractivity (Wildman–Crippen MR) is 112 cm³/mol. The van der Waals surface area contributed by atoms with Crippen LogP contribution in [0.2, 0.25) is 0 Å². The van der Waals surface area contributed by atoms with Crippen LogP contribution in [0.25, 0.3) is 0 Å². The van der Waals surface area contributed by atoms with Crippen molar-refractivity contribution in [3.8, 4) is 0 Å². The molecule has 0 aliphatic carbocycles.